The Hall–Kier alpha value is -3.54. The molecule has 1 aromatic heterocycles. The van der Waals surface area contributed by atoms with Gasteiger partial charge in [0.2, 0.25) is 5.91 Å². The third-order valence-corrected chi connectivity index (χ3v) is 4.57. The van der Waals surface area contributed by atoms with Crippen LogP contribution in [0, 0.1) is 20.8 Å². The quantitative estimate of drug-likeness (QED) is 0.583. The maximum atomic E-state index is 12.2. The standard InChI is InChI=1S/C23H24N2O4/c1-15-7-5-6-8-20(15)24-23(26)12-10-18-9-11-21(22(13-18)27-4)28-14-19-16(2)25-29-17(19)3/h5-13H,14H2,1-4H3,(H,24,26). The summed E-state index contributed by atoms with van der Waals surface area (Å²) >= 11 is 0. The third-order valence-electron chi connectivity index (χ3n) is 4.57. The Balaban J connectivity index is 1.67. The molecule has 6 heteroatoms. The molecule has 2 aromatic carbocycles. The number of carbonyl (C=O) groups is 1. The van der Waals surface area contributed by atoms with Gasteiger partial charge in [-0.3, -0.25) is 4.79 Å². The van der Waals surface area contributed by atoms with Crippen molar-refractivity contribution in [3.8, 4) is 11.5 Å². The molecule has 0 unspecified atom stereocenters. The number of benzene rings is 2. The number of hydrogen-bond acceptors (Lipinski definition) is 5. The third kappa shape index (κ3) is 5.04. The molecule has 1 heterocycles. The van der Waals surface area contributed by atoms with Crippen LogP contribution in [0.4, 0.5) is 5.69 Å². The van der Waals surface area contributed by atoms with Gasteiger partial charge in [-0.2, -0.15) is 0 Å². The Labute approximate surface area is 170 Å². The number of methoxy groups -OCH3 is 1. The van der Waals surface area contributed by atoms with E-state index in [1.807, 2.05) is 63.2 Å². The number of amides is 1. The zero-order valence-corrected chi connectivity index (χ0v) is 17.0. The zero-order valence-electron chi connectivity index (χ0n) is 17.0. The van der Waals surface area contributed by atoms with E-state index >= 15 is 0 Å². The fraction of sp³-hybridized carbons (Fsp3) is 0.217. The van der Waals surface area contributed by atoms with E-state index in [9.17, 15) is 4.79 Å². The Kier molecular flexibility index (Phi) is 6.34. The van der Waals surface area contributed by atoms with E-state index in [4.69, 9.17) is 14.0 Å². The molecule has 6 nitrogen and oxygen atoms in total. The highest BCUT2D eigenvalue weighted by atomic mass is 16.5. The highest BCUT2D eigenvalue weighted by Crippen LogP contribution is 2.30. The minimum absolute atomic E-state index is 0.197. The maximum Gasteiger partial charge on any atom is 0.248 e. The van der Waals surface area contributed by atoms with Gasteiger partial charge in [0, 0.05) is 11.8 Å². The van der Waals surface area contributed by atoms with E-state index in [0.717, 1.165) is 33.8 Å². The van der Waals surface area contributed by atoms with Gasteiger partial charge in [0.15, 0.2) is 11.5 Å². The van der Waals surface area contributed by atoms with Crippen LogP contribution >= 0.6 is 0 Å². The van der Waals surface area contributed by atoms with Crippen molar-refractivity contribution in [3.63, 3.8) is 0 Å². The van der Waals surface area contributed by atoms with Crippen LogP contribution in [0.1, 0.15) is 28.1 Å². The minimum Gasteiger partial charge on any atom is -0.493 e. The van der Waals surface area contributed by atoms with Gasteiger partial charge in [0.25, 0.3) is 0 Å². The van der Waals surface area contributed by atoms with E-state index in [1.165, 1.54) is 6.08 Å². The fourth-order valence-electron chi connectivity index (χ4n) is 2.82. The van der Waals surface area contributed by atoms with Crippen molar-refractivity contribution in [3.05, 3.63) is 76.7 Å². The largest absolute Gasteiger partial charge is 0.493 e. The molecule has 0 radical (unpaired) electrons. The smallest absolute Gasteiger partial charge is 0.248 e. The number of carbonyl (C=O) groups excluding carboxylic acids is 1. The topological polar surface area (TPSA) is 73.6 Å². The summed E-state index contributed by atoms with van der Waals surface area (Å²) in [5.41, 5.74) is 4.36. The van der Waals surface area contributed by atoms with Crippen molar-refractivity contribution in [2.75, 3.05) is 12.4 Å². The first-order valence-corrected chi connectivity index (χ1v) is 9.25. The number of aryl methyl sites for hydroxylation is 3. The zero-order chi connectivity index (χ0) is 20.8. The molecule has 0 spiro atoms. The monoisotopic (exact) mass is 392 g/mol. The summed E-state index contributed by atoms with van der Waals surface area (Å²) in [7, 11) is 1.58. The van der Waals surface area contributed by atoms with Crippen LogP contribution in [-0.2, 0) is 11.4 Å². The lowest BCUT2D eigenvalue weighted by atomic mass is 10.1. The summed E-state index contributed by atoms with van der Waals surface area (Å²) in [5.74, 6) is 1.73. The van der Waals surface area contributed by atoms with Gasteiger partial charge in [0.05, 0.1) is 18.4 Å². The maximum absolute atomic E-state index is 12.2. The molecule has 0 aliphatic heterocycles. The van der Waals surface area contributed by atoms with Crippen LogP contribution in [0.25, 0.3) is 6.08 Å². The Morgan fingerprint density at radius 2 is 1.93 bits per heavy atom. The Bertz CT molecular complexity index is 1020. The summed E-state index contributed by atoms with van der Waals surface area (Å²) in [4.78, 5) is 12.2. The van der Waals surface area contributed by atoms with Crippen molar-refractivity contribution in [2.45, 2.75) is 27.4 Å². The lowest BCUT2D eigenvalue weighted by Crippen LogP contribution is -2.08. The van der Waals surface area contributed by atoms with Gasteiger partial charge in [-0.25, -0.2) is 0 Å². The van der Waals surface area contributed by atoms with Crippen molar-refractivity contribution in [1.29, 1.82) is 0 Å². The number of rotatable bonds is 7. The molecular formula is C23H24N2O4. The molecule has 1 N–H and O–H groups in total. The molecule has 3 aromatic rings. The predicted octanol–water partition coefficient (Wildman–Crippen LogP) is 4.84. The summed E-state index contributed by atoms with van der Waals surface area (Å²) < 4.78 is 16.5. The predicted molar refractivity (Wildman–Crippen MR) is 112 cm³/mol. The van der Waals surface area contributed by atoms with Gasteiger partial charge < -0.3 is 19.3 Å². The van der Waals surface area contributed by atoms with E-state index in [-0.39, 0.29) is 5.91 Å². The van der Waals surface area contributed by atoms with E-state index < -0.39 is 0 Å². The number of para-hydroxylation sites is 1. The molecule has 1 amide bonds. The minimum atomic E-state index is -0.197. The van der Waals surface area contributed by atoms with E-state index in [2.05, 4.69) is 10.5 Å². The second kappa shape index (κ2) is 9.10. The van der Waals surface area contributed by atoms with Crippen LogP contribution in [0.15, 0.2) is 53.1 Å². The average molecular weight is 392 g/mol. The summed E-state index contributed by atoms with van der Waals surface area (Å²) in [6, 6.07) is 13.1. The molecule has 0 saturated heterocycles. The summed E-state index contributed by atoms with van der Waals surface area (Å²) in [6.07, 6.45) is 3.22. The first kappa shape index (κ1) is 20.2. The van der Waals surface area contributed by atoms with Gasteiger partial charge >= 0.3 is 0 Å². The van der Waals surface area contributed by atoms with Crippen LogP contribution in [0.3, 0.4) is 0 Å². The van der Waals surface area contributed by atoms with Crippen molar-refractivity contribution in [2.24, 2.45) is 0 Å². The van der Waals surface area contributed by atoms with Gasteiger partial charge in [-0.1, -0.05) is 29.4 Å². The molecule has 0 saturated carbocycles. The van der Waals surface area contributed by atoms with E-state index in [1.54, 1.807) is 13.2 Å². The molecule has 0 aliphatic carbocycles. The molecule has 0 fully saturated rings. The normalized spacial score (nSPS) is 10.9. The fourth-order valence-corrected chi connectivity index (χ4v) is 2.82. The lowest BCUT2D eigenvalue weighted by Gasteiger charge is -2.11. The van der Waals surface area contributed by atoms with Gasteiger partial charge in [-0.05, 0) is 56.2 Å². The first-order chi connectivity index (χ1) is 14.0. The Morgan fingerprint density at radius 3 is 2.62 bits per heavy atom. The molecule has 3 rings (SSSR count). The number of ether oxygens (including phenoxy) is 2. The average Bonchev–Trinajstić information content (AvgIpc) is 3.04. The molecule has 150 valence electrons. The lowest BCUT2D eigenvalue weighted by molar-refractivity contribution is -0.111. The van der Waals surface area contributed by atoms with Crippen LogP contribution in [-0.4, -0.2) is 18.2 Å². The summed E-state index contributed by atoms with van der Waals surface area (Å²) in [6.45, 7) is 6.02. The second-order valence-electron chi connectivity index (χ2n) is 6.64. The van der Waals surface area contributed by atoms with Crippen LogP contribution in [0.5, 0.6) is 11.5 Å². The number of aromatic nitrogens is 1. The Morgan fingerprint density at radius 1 is 1.14 bits per heavy atom. The molecular weight excluding hydrogens is 368 g/mol. The molecule has 0 atom stereocenters. The number of nitrogens with zero attached hydrogens (tertiary/aromatic N) is 1. The van der Waals surface area contributed by atoms with Crippen molar-refractivity contribution in [1.82, 2.24) is 5.16 Å². The van der Waals surface area contributed by atoms with Crippen LogP contribution < -0.4 is 14.8 Å². The van der Waals surface area contributed by atoms with Crippen LogP contribution in [0.2, 0.25) is 0 Å². The van der Waals surface area contributed by atoms with Gasteiger partial charge in [0.1, 0.15) is 12.4 Å². The highest BCUT2D eigenvalue weighted by molar-refractivity contribution is 6.02. The molecule has 0 aliphatic rings. The first-order valence-electron chi connectivity index (χ1n) is 9.25. The SMILES string of the molecule is COc1cc(C=CC(=O)Nc2ccccc2C)ccc1OCc1c(C)noc1C. The number of hydrogen-bond donors (Lipinski definition) is 1. The second-order valence-corrected chi connectivity index (χ2v) is 6.64. The van der Waals surface area contributed by atoms with Crippen molar-refractivity contribution < 1.29 is 18.8 Å². The summed E-state index contributed by atoms with van der Waals surface area (Å²) in [5, 5.41) is 6.80. The molecule has 29 heavy (non-hydrogen) atoms. The highest BCUT2D eigenvalue weighted by Gasteiger charge is 2.12. The van der Waals surface area contributed by atoms with Crippen molar-refractivity contribution >= 4 is 17.7 Å². The van der Waals surface area contributed by atoms with Gasteiger partial charge in [-0.15, -0.1) is 0 Å². The number of anilines is 1. The number of nitrogens with one attached hydrogen (secondary N) is 1. The van der Waals surface area contributed by atoms with E-state index in [0.29, 0.717) is 18.1 Å². The molecule has 0 bridgehead atoms.